The second-order valence-electron chi connectivity index (χ2n) is 6.09. The Balaban J connectivity index is 1.72. The van der Waals surface area contributed by atoms with Gasteiger partial charge in [-0.25, -0.2) is 0 Å². The molecule has 1 aliphatic rings. The molecule has 0 radical (unpaired) electrons. The summed E-state index contributed by atoms with van der Waals surface area (Å²) < 4.78 is 0. The standard InChI is InChI=1S/C21H14Cl2N2O2/c22-17-10-5-13(11-18(17)23)12-24-20-16-3-1-2-4-19(16)25(21(20)27)14-6-8-15(26)9-7-14/h1-11,26H,12H2. The largest absolute Gasteiger partial charge is 0.508 e. The number of para-hydroxylation sites is 1. The molecular weight excluding hydrogens is 383 g/mol. The van der Waals surface area contributed by atoms with Gasteiger partial charge in [0.05, 0.1) is 22.3 Å². The second kappa shape index (κ2) is 7.06. The topological polar surface area (TPSA) is 52.9 Å². The molecule has 0 saturated carbocycles. The Hall–Kier alpha value is -2.82. The second-order valence-corrected chi connectivity index (χ2v) is 6.90. The quantitative estimate of drug-likeness (QED) is 0.646. The summed E-state index contributed by atoms with van der Waals surface area (Å²) >= 11 is 12.0. The highest BCUT2D eigenvalue weighted by molar-refractivity contribution is 6.55. The van der Waals surface area contributed by atoms with Gasteiger partial charge in [-0.3, -0.25) is 14.7 Å². The van der Waals surface area contributed by atoms with E-state index in [1.165, 1.54) is 0 Å². The molecule has 0 saturated heterocycles. The molecule has 0 spiro atoms. The van der Waals surface area contributed by atoms with Crippen molar-refractivity contribution in [2.75, 3.05) is 4.90 Å². The van der Waals surface area contributed by atoms with Crippen molar-refractivity contribution >= 4 is 46.2 Å². The number of hydrogen-bond acceptors (Lipinski definition) is 3. The van der Waals surface area contributed by atoms with E-state index in [2.05, 4.69) is 4.99 Å². The van der Waals surface area contributed by atoms with Crippen LogP contribution in [0.3, 0.4) is 0 Å². The minimum Gasteiger partial charge on any atom is -0.508 e. The van der Waals surface area contributed by atoms with Crippen LogP contribution >= 0.6 is 23.2 Å². The number of carbonyl (C=O) groups is 1. The number of hydrogen-bond donors (Lipinski definition) is 1. The van der Waals surface area contributed by atoms with E-state index in [1.54, 1.807) is 41.3 Å². The third-order valence-corrected chi connectivity index (χ3v) is 5.06. The highest BCUT2D eigenvalue weighted by Crippen LogP contribution is 2.36. The molecular formula is C21H14Cl2N2O2. The first kappa shape index (κ1) is 17.6. The van der Waals surface area contributed by atoms with E-state index in [1.807, 2.05) is 30.3 Å². The molecule has 6 heteroatoms. The molecule has 0 bridgehead atoms. The Labute approximate surface area is 166 Å². The molecule has 1 amide bonds. The van der Waals surface area contributed by atoms with Crippen LogP contribution in [0.15, 0.2) is 71.7 Å². The first-order valence-corrected chi connectivity index (χ1v) is 9.01. The average molecular weight is 397 g/mol. The zero-order valence-corrected chi connectivity index (χ0v) is 15.6. The number of carbonyl (C=O) groups excluding carboxylic acids is 1. The van der Waals surface area contributed by atoms with Crippen LogP contribution in [0.1, 0.15) is 11.1 Å². The molecule has 4 nitrogen and oxygen atoms in total. The van der Waals surface area contributed by atoms with Crippen LogP contribution < -0.4 is 4.90 Å². The molecule has 1 N–H and O–H groups in total. The van der Waals surface area contributed by atoms with E-state index in [0.29, 0.717) is 28.0 Å². The molecule has 0 aliphatic carbocycles. The summed E-state index contributed by atoms with van der Waals surface area (Å²) in [5, 5.41) is 10.5. The van der Waals surface area contributed by atoms with E-state index >= 15 is 0 Å². The fourth-order valence-electron chi connectivity index (χ4n) is 3.02. The Kier molecular flexibility index (Phi) is 4.60. The highest BCUT2D eigenvalue weighted by atomic mass is 35.5. The molecule has 3 aromatic carbocycles. The van der Waals surface area contributed by atoms with Gasteiger partial charge in [-0.1, -0.05) is 47.5 Å². The van der Waals surface area contributed by atoms with E-state index in [9.17, 15) is 9.90 Å². The van der Waals surface area contributed by atoms with Crippen molar-refractivity contribution in [1.82, 2.24) is 0 Å². The van der Waals surface area contributed by atoms with Crippen molar-refractivity contribution in [3.8, 4) is 5.75 Å². The van der Waals surface area contributed by atoms with E-state index < -0.39 is 0 Å². The lowest BCUT2D eigenvalue weighted by Crippen LogP contribution is -2.25. The van der Waals surface area contributed by atoms with Gasteiger partial charge in [-0.05, 0) is 48.0 Å². The highest BCUT2D eigenvalue weighted by Gasteiger charge is 2.34. The average Bonchev–Trinajstić information content (AvgIpc) is 2.95. The summed E-state index contributed by atoms with van der Waals surface area (Å²) in [5.74, 6) is -0.0610. The van der Waals surface area contributed by atoms with E-state index in [-0.39, 0.29) is 11.7 Å². The lowest BCUT2D eigenvalue weighted by atomic mass is 10.1. The monoisotopic (exact) mass is 396 g/mol. The summed E-state index contributed by atoms with van der Waals surface area (Å²) in [6.07, 6.45) is 0. The van der Waals surface area contributed by atoms with Gasteiger partial charge in [0.25, 0.3) is 5.91 Å². The predicted octanol–water partition coefficient (Wildman–Crippen LogP) is 5.37. The number of aromatic hydroxyl groups is 1. The smallest absolute Gasteiger partial charge is 0.281 e. The van der Waals surface area contributed by atoms with Crippen molar-refractivity contribution in [2.24, 2.45) is 4.99 Å². The molecule has 0 fully saturated rings. The van der Waals surface area contributed by atoms with Crippen LogP contribution in [-0.4, -0.2) is 16.7 Å². The number of phenols is 1. The van der Waals surface area contributed by atoms with Crippen molar-refractivity contribution in [3.63, 3.8) is 0 Å². The first-order chi connectivity index (χ1) is 13.0. The lowest BCUT2D eigenvalue weighted by molar-refractivity contribution is -0.111. The van der Waals surface area contributed by atoms with Crippen LogP contribution in [0, 0.1) is 0 Å². The fourth-order valence-corrected chi connectivity index (χ4v) is 3.34. The Morgan fingerprint density at radius 3 is 2.41 bits per heavy atom. The number of phenolic OH excluding ortho intramolecular Hbond substituents is 1. The van der Waals surface area contributed by atoms with E-state index in [0.717, 1.165) is 16.8 Å². The zero-order chi connectivity index (χ0) is 19.0. The SMILES string of the molecule is O=C1C(=NCc2ccc(Cl)c(Cl)c2)c2ccccc2N1c1ccc(O)cc1. The summed E-state index contributed by atoms with van der Waals surface area (Å²) in [4.78, 5) is 19.2. The predicted molar refractivity (Wildman–Crippen MR) is 108 cm³/mol. The van der Waals surface area contributed by atoms with Gasteiger partial charge >= 0.3 is 0 Å². The molecule has 1 heterocycles. The Morgan fingerprint density at radius 2 is 1.67 bits per heavy atom. The van der Waals surface area contributed by atoms with Gasteiger partial charge in [0.15, 0.2) is 0 Å². The maximum Gasteiger partial charge on any atom is 0.281 e. The first-order valence-electron chi connectivity index (χ1n) is 8.26. The molecule has 0 unspecified atom stereocenters. The van der Waals surface area contributed by atoms with Gasteiger partial charge in [-0.15, -0.1) is 0 Å². The number of benzene rings is 3. The summed E-state index contributed by atoms with van der Waals surface area (Å²) in [5.41, 5.74) is 3.47. The van der Waals surface area contributed by atoms with Crippen molar-refractivity contribution in [2.45, 2.75) is 6.54 Å². The van der Waals surface area contributed by atoms with Crippen LogP contribution in [0.2, 0.25) is 10.0 Å². The molecule has 1 aliphatic heterocycles. The van der Waals surface area contributed by atoms with Gasteiger partial charge in [0, 0.05) is 11.3 Å². The number of aliphatic imine (C=N–C) groups is 1. The number of amides is 1. The Bertz CT molecular complexity index is 1060. The van der Waals surface area contributed by atoms with Crippen LogP contribution in [0.4, 0.5) is 11.4 Å². The zero-order valence-electron chi connectivity index (χ0n) is 14.1. The minimum absolute atomic E-state index is 0.146. The van der Waals surface area contributed by atoms with Crippen LogP contribution in [0.25, 0.3) is 0 Å². The Morgan fingerprint density at radius 1 is 0.926 bits per heavy atom. The normalized spacial score (nSPS) is 14.7. The molecule has 0 atom stereocenters. The third-order valence-electron chi connectivity index (χ3n) is 4.32. The maximum absolute atomic E-state index is 13.1. The van der Waals surface area contributed by atoms with Crippen molar-refractivity contribution < 1.29 is 9.90 Å². The molecule has 3 aromatic rings. The molecule has 27 heavy (non-hydrogen) atoms. The number of rotatable bonds is 3. The van der Waals surface area contributed by atoms with Crippen LogP contribution in [-0.2, 0) is 11.3 Å². The number of fused-ring (bicyclic) bond motifs is 1. The lowest BCUT2D eigenvalue weighted by Gasteiger charge is -2.16. The van der Waals surface area contributed by atoms with Crippen LogP contribution in [0.5, 0.6) is 5.75 Å². The van der Waals surface area contributed by atoms with Gasteiger partial charge in [0.1, 0.15) is 11.5 Å². The summed E-state index contributed by atoms with van der Waals surface area (Å²) in [7, 11) is 0. The minimum atomic E-state index is -0.207. The number of anilines is 2. The fraction of sp³-hybridized carbons (Fsp3) is 0.0476. The number of nitrogens with zero attached hydrogens (tertiary/aromatic N) is 2. The van der Waals surface area contributed by atoms with Gasteiger partial charge in [0.2, 0.25) is 0 Å². The molecule has 134 valence electrons. The maximum atomic E-state index is 13.1. The summed E-state index contributed by atoms with van der Waals surface area (Å²) in [6, 6.07) is 19.3. The number of halogens is 2. The van der Waals surface area contributed by atoms with Crippen molar-refractivity contribution in [3.05, 3.63) is 87.9 Å². The summed E-state index contributed by atoms with van der Waals surface area (Å²) in [6.45, 7) is 0.315. The molecule has 0 aromatic heterocycles. The third kappa shape index (κ3) is 3.29. The van der Waals surface area contributed by atoms with Gasteiger partial charge in [-0.2, -0.15) is 0 Å². The van der Waals surface area contributed by atoms with Crippen molar-refractivity contribution in [1.29, 1.82) is 0 Å². The van der Waals surface area contributed by atoms with E-state index in [4.69, 9.17) is 23.2 Å². The molecule has 4 rings (SSSR count). The van der Waals surface area contributed by atoms with Gasteiger partial charge < -0.3 is 5.11 Å².